The highest BCUT2D eigenvalue weighted by Crippen LogP contribution is 2.26. The number of carbonyl (C=O) groups is 1. The largest absolute Gasteiger partial charge is 0.291 e. The molecule has 4 rings (SSSR count). The normalized spacial score (nSPS) is 12.3. The quantitative estimate of drug-likeness (QED) is 0.310. The summed E-state index contributed by atoms with van der Waals surface area (Å²) in [4.78, 5) is 17.6. The van der Waals surface area contributed by atoms with E-state index in [1.807, 2.05) is 85.8 Å². The first-order valence-corrected chi connectivity index (χ1v) is 9.14. The molecule has 0 N–H and O–H groups in total. The number of hydrogen-bond acceptors (Lipinski definition) is 4. The van der Waals surface area contributed by atoms with Gasteiger partial charge in [0.2, 0.25) is 0 Å². The zero-order valence-corrected chi connectivity index (χ0v) is 15.5. The number of benzene rings is 3. The maximum atomic E-state index is 13.1. The van der Waals surface area contributed by atoms with Crippen LogP contribution in [0.1, 0.15) is 27.5 Å². The number of aryl methyl sites for hydroxylation is 1. The Balaban J connectivity index is 1.73. The number of azo groups is 1. The molecule has 1 heterocycles. The molecule has 136 valence electrons. The minimum absolute atomic E-state index is 0.0898. The molecule has 0 amide bonds. The fraction of sp³-hybridized carbons (Fsp3) is 0.0833. The van der Waals surface area contributed by atoms with Gasteiger partial charge in [-0.15, -0.1) is 5.11 Å². The van der Waals surface area contributed by atoms with E-state index >= 15 is 0 Å². The number of carbonyl (C=O) groups excluding carboxylic acids is 1. The molecule has 4 nitrogen and oxygen atoms in total. The van der Waals surface area contributed by atoms with Crippen LogP contribution >= 0.6 is 0 Å². The molecule has 0 saturated heterocycles. The van der Waals surface area contributed by atoms with Crippen LogP contribution in [0.2, 0.25) is 0 Å². The average Bonchev–Trinajstić information content (AvgIpc) is 2.75. The Morgan fingerprint density at radius 2 is 1.50 bits per heavy atom. The highest BCUT2D eigenvalue weighted by Gasteiger charge is 2.21. The molecule has 0 saturated carbocycles. The van der Waals surface area contributed by atoms with Crippen molar-refractivity contribution >= 4 is 22.5 Å². The van der Waals surface area contributed by atoms with Crippen LogP contribution in [0.5, 0.6) is 0 Å². The van der Waals surface area contributed by atoms with Crippen LogP contribution in [0.25, 0.3) is 10.9 Å². The predicted octanol–water partition coefficient (Wildman–Crippen LogP) is 6.25. The van der Waals surface area contributed by atoms with E-state index in [4.69, 9.17) is 0 Å². The number of fused-ring (bicyclic) bond motifs is 1. The van der Waals surface area contributed by atoms with Gasteiger partial charge >= 0.3 is 0 Å². The molecule has 0 aliphatic heterocycles. The van der Waals surface area contributed by atoms with Gasteiger partial charge in [0.05, 0.1) is 5.52 Å². The molecule has 4 heteroatoms. The lowest BCUT2D eigenvalue weighted by atomic mass is 9.98. The van der Waals surface area contributed by atoms with Gasteiger partial charge in [0, 0.05) is 10.9 Å². The van der Waals surface area contributed by atoms with Crippen molar-refractivity contribution in [3.63, 3.8) is 0 Å². The molecule has 0 radical (unpaired) electrons. The van der Waals surface area contributed by atoms with Crippen LogP contribution in [-0.2, 0) is 0 Å². The summed E-state index contributed by atoms with van der Waals surface area (Å²) in [5, 5.41) is 9.82. The molecule has 0 aliphatic rings. The van der Waals surface area contributed by atoms with Crippen LogP contribution in [0, 0.1) is 6.92 Å². The van der Waals surface area contributed by atoms with Gasteiger partial charge in [-0.3, -0.25) is 4.79 Å². The molecular weight excluding hydrogens is 346 g/mol. The molecular formula is C24H19N3O. The third kappa shape index (κ3) is 3.71. The highest BCUT2D eigenvalue weighted by molar-refractivity contribution is 6.00. The fourth-order valence-corrected chi connectivity index (χ4v) is 3.17. The van der Waals surface area contributed by atoms with Gasteiger partial charge in [-0.05, 0) is 30.2 Å². The number of rotatable bonds is 5. The SMILES string of the molecule is Cc1cc(N=NC(C(=O)c2ccccc2)c2ccccc2)nc2ccccc12. The molecule has 1 aromatic heterocycles. The number of nitrogens with zero attached hydrogens (tertiary/aromatic N) is 3. The predicted molar refractivity (Wildman–Crippen MR) is 111 cm³/mol. The zero-order chi connectivity index (χ0) is 19.3. The van der Waals surface area contributed by atoms with Crippen LogP contribution in [0.3, 0.4) is 0 Å². The fourth-order valence-electron chi connectivity index (χ4n) is 3.17. The lowest BCUT2D eigenvalue weighted by Crippen LogP contribution is -2.10. The van der Waals surface area contributed by atoms with E-state index < -0.39 is 6.04 Å². The molecule has 0 spiro atoms. The highest BCUT2D eigenvalue weighted by atomic mass is 16.1. The van der Waals surface area contributed by atoms with E-state index in [2.05, 4.69) is 15.2 Å². The Morgan fingerprint density at radius 1 is 0.857 bits per heavy atom. The summed E-state index contributed by atoms with van der Waals surface area (Å²) in [5.74, 6) is 0.408. The Bertz CT molecular complexity index is 1140. The third-order valence-corrected chi connectivity index (χ3v) is 4.61. The molecule has 1 atom stereocenters. The van der Waals surface area contributed by atoms with Crippen LogP contribution in [0.15, 0.2) is 101 Å². The van der Waals surface area contributed by atoms with Crippen LogP contribution < -0.4 is 0 Å². The van der Waals surface area contributed by atoms with Gasteiger partial charge in [-0.2, -0.15) is 5.11 Å². The van der Waals surface area contributed by atoms with Crippen molar-refractivity contribution in [3.05, 3.63) is 108 Å². The first kappa shape index (κ1) is 17.7. The Labute approximate surface area is 163 Å². The first-order chi connectivity index (χ1) is 13.7. The van der Waals surface area contributed by atoms with Crippen LogP contribution in [0.4, 0.5) is 5.82 Å². The van der Waals surface area contributed by atoms with Crippen molar-refractivity contribution in [1.82, 2.24) is 4.98 Å². The summed E-state index contributed by atoms with van der Waals surface area (Å²) >= 11 is 0. The number of aromatic nitrogens is 1. The van der Waals surface area contributed by atoms with Crippen molar-refractivity contribution in [2.24, 2.45) is 10.2 Å². The van der Waals surface area contributed by atoms with E-state index in [-0.39, 0.29) is 5.78 Å². The molecule has 0 bridgehead atoms. The number of pyridine rings is 1. The maximum Gasteiger partial charge on any atom is 0.193 e. The van der Waals surface area contributed by atoms with Crippen molar-refractivity contribution in [2.75, 3.05) is 0 Å². The molecule has 0 aliphatic carbocycles. The van der Waals surface area contributed by atoms with Gasteiger partial charge < -0.3 is 0 Å². The lowest BCUT2D eigenvalue weighted by molar-refractivity contribution is 0.0959. The summed E-state index contributed by atoms with van der Waals surface area (Å²) in [6.45, 7) is 2.02. The lowest BCUT2D eigenvalue weighted by Gasteiger charge is -2.11. The second kappa shape index (κ2) is 7.92. The Morgan fingerprint density at radius 3 is 2.25 bits per heavy atom. The summed E-state index contributed by atoms with van der Waals surface area (Å²) in [7, 11) is 0. The van der Waals surface area contributed by atoms with E-state index in [1.165, 1.54) is 0 Å². The molecule has 3 aromatic carbocycles. The minimum atomic E-state index is -0.711. The summed E-state index contributed by atoms with van der Waals surface area (Å²) in [5.41, 5.74) is 3.35. The number of Topliss-reactive ketones (excluding diaryl/α,β-unsaturated/α-hetero) is 1. The maximum absolute atomic E-state index is 13.1. The smallest absolute Gasteiger partial charge is 0.193 e. The second-order valence-corrected chi connectivity index (χ2v) is 6.57. The van der Waals surface area contributed by atoms with E-state index in [1.54, 1.807) is 12.1 Å². The average molecular weight is 365 g/mol. The van der Waals surface area contributed by atoms with Gasteiger partial charge in [-0.1, -0.05) is 78.9 Å². The van der Waals surface area contributed by atoms with Gasteiger partial charge in [-0.25, -0.2) is 4.98 Å². The molecule has 0 fully saturated rings. The number of hydrogen-bond donors (Lipinski definition) is 0. The molecule has 1 unspecified atom stereocenters. The van der Waals surface area contributed by atoms with Crippen molar-refractivity contribution in [3.8, 4) is 0 Å². The van der Waals surface area contributed by atoms with Gasteiger partial charge in [0.1, 0.15) is 0 Å². The minimum Gasteiger partial charge on any atom is -0.291 e. The van der Waals surface area contributed by atoms with Crippen molar-refractivity contribution in [2.45, 2.75) is 13.0 Å². The van der Waals surface area contributed by atoms with Crippen LogP contribution in [-0.4, -0.2) is 10.8 Å². The summed E-state index contributed by atoms with van der Waals surface area (Å²) in [6, 6.07) is 27.8. The third-order valence-electron chi connectivity index (χ3n) is 4.61. The van der Waals surface area contributed by atoms with E-state index in [0.717, 1.165) is 22.0 Å². The van der Waals surface area contributed by atoms with Gasteiger partial charge in [0.15, 0.2) is 17.6 Å². The topological polar surface area (TPSA) is 54.7 Å². The first-order valence-electron chi connectivity index (χ1n) is 9.14. The van der Waals surface area contributed by atoms with Gasteiger partial charge in [0.25, 0.3) is 0 Å². The summed E-state index contributed by atoms with van der Waals surface area (Å²) in [6.07, 6.45) is 0. The Kier molecular flexibility index (Phi) is 5.02. The van der Waals surface area contributed by atoms with E-state index in [9.17, 15) is 4.79 Å². The molecule has 28 heavy (non-hydrogen) atoms. The van der Waals surface area contributed by atoms with Crippen molar-refractivity contribution in [1.29, 1.82) is 0 Å². The molecule has 4 aromatic rings. The monoisotopic (exact) mass is 365 g/mol. The van der Waals surface area contributed by atoms with Crippen molar-refractivity contribution < 1.29 is 4.79 Å². The van der Waals surface area contributed by atoms with E-state index in [0.29, 0.717) is 11.4 Å². The standard InChI is InChI=1S/C24H19N3O/c1-17-16-22(25-21-15-9-8-14-20(17)21)26-27-23(18-10-4-2-5-11-18)24(28)19-12-6-3-7-13-19/h2-16,23H,1H3. The zero-order valence-electron chi connectivity index (χ0n) is 15.5. The number of ketones is 1. The Hall–Kier alpha value is -3.66. The second-order valence-electron chi connectivity index (χ2n) is 6.57. The number of para-hydroxylation sites is 1. The summed E-state index contributed by atoms with van der Waals surface area (Å²) < 4.78 is 0.